The molecule has 0 atom stereocenters. The smallest absolute Gasteiger partial charge is 0.199 e. The molecule has 0 saturated heterocycles. The number of furan rings is 1. The number of ether oxygens (including phenoxy) is 1. The summed E-state index contributed by atoms with van der Waals surface area (Å²) in [6.45, 7) is 2.58. The van der Waals surface area contributed by atoms with E-state index in [4.69, 9.17) is 20.8 Å². The molecule has 0 radical (unpaired) electrons. The molecule has 1 N–H and O–H groups in total. The summed E-state index contributed by atoms with van der Waals surface area (Å²) >= 11 is 6.13. The minimum Gasteiger partial charge on any atom is -0.444 e. The quantitative estimate of drug-likeness (QED) is 0.743. The number of hydrogen-bond acceptors (Lipinski definition) is 3. The Bertz CT molecular complexity index is 510. The van der Waals surface area contributed by atoms with E-state index in [1.807, 2.05) is 24.3 Å². The highest BCUT2D eigenvalue weighted by atomic mass is 35.5. The van der Waals surface area contributed by atoms with Crippen LogP contribution in [0.4, 0.5) is 0 Å². The molecule has 2 aromatic rings. The van der Waals surface area contributed by atoms with Gasteiger partial charge in [-0.2, -0.15) is 0 Å². The van der Waals surface area contributed by atoms with Crippen LogP contribution in [0.5, 0.6) is 0 Å². The maximum absolute atomic E-state index is 6.13. The molecule has 0 amide bonds. The Morgan fingerprint density at radius 1 is 1.21 bits per heavy atom. The third-order valence-electron chi connectivity index (χ3n) is 3.15. The Balaban J connectivity index is 1.80. The number of hydrogen-bond donors (Lipinski definition) is 1. The van der Waals surface area contributed by atoms with Gasteiger partial charge in [-0.15, -0.1) is 0 Å². The number of nitrogens with one attached hydrogen (secondary N) is 1. The molecule has 0 fully saturated rings. The first-order valence-corrected chi connectivity index (χ1v) is 7.06. The van der Waals surface area contributed by atoms with Crippen LogP contribution in [0, 0.1) is 0 Å². The van der Waals surface area contributed by atoms with Gasteiger partial charge in [0.25, 0.3) is 0 Å². The Morgan fingerprint density at radius 2 is 2.05 bits per heavy atom. The summed E-state index contributed by atoms with van der Waals surface area (Å²) in [5, 5.41) is 5.00. The van der Waals surface area contributed by atoms with Gasteiger partial charge in [-0.05, 0) is 43.5 Å². The first-order chi connectivity index (χ1) is 9.33. The van der Waals surface area contributed by atoms with Crippen LogP contribution in [0.1, 0.15) is 24.8 Å². The number of unbranched alkanes of at least 4 members (excludes halogenated alkanes) is 2. The average Bonchev–Trinajstić information content (AvgIpc) is 2.74. The molecule has 19 heavy (non-hydrogen) atoms. The molecule has 0 aliphatic carbocycles. The average molecular weight is 282 g/mol. The molecule has 1 aromatic heterocycles. The molecular formula is C15H20ClNO2. The Hall–Kier alpha value is -1.03. The molecule has 0 saturated carbocycles. The fourth-order valence-corrected chi connectivity index (χ4v) is 2.37. The van der Waals surface area contributed by atoms with Crippen molar-refractivity contribution < 1.29 is 9.15 Å². The van der Waals surface area contributed by atoms with Crippen molar-refractivity contribution in [3.63, 3.8) is 0 Å². The molecule has 4 heteroatoms. The van der Waals surface area contributed by atoms with Crippen molar-refractivity contribution in [2.24, 2.45) is 0 Å². The van der Waals surface area contributed by atoms with Crippen LogP contribution in [0.15, 0.2) is 28.7 Å². The highest BCUT2D eigenvalue weighted by Gasteiger charge is 2.10. The highest BCUT2D eigenvalue weighted by Crippen LogP contribution is 2.29. The van der Waals surface area contributed by atoms with Gasteiger partial charge in [0.15, 0.2) is 5.22 Å². The van der Waals surface area contributed by atoms with Gasteiger partial charge in [-0.25, -0.2) is 0 Å². The van der Waals surface area contributed by atoms with Gasteiger partial charge in [0.2, 0.25) is 0 Å². The van der Waals surface area contributed by atoms with E-state index >= 15 is 0 Å². The van der Waals surface area contributed by atoms with Crippen LogP contribution in [0.3, 0.4) is 0 Å². The van der Waals surface area contributed by atoms with Gasteiger partial charge in [0.1, 0.15) is 5.58 Å². The van der Waals surface area contributed by atoms with Crippen molar-refractivity contribution in [3.05, 3.63) is 35.0 Å². The van der Waals surface area contributed by atoms with E-state index in [0.717, 1.165) is 49.1 Å². The van der Waals surface area contributed by atoms with Gasteiger partial charge >= 0.3 is 0 Å². The zero-order valence-electron chi connectivity index (χ0n) is 11.2. The molecule has 0 spiro atoms. The molecule has 0 aliphatic rings. The van der Waals surface area contributed by atoms with E-state index in [9.17, 15) is 0 Å². The molecule has 1 aromatic carbocycles. The molecular weight excluding hydrogens is 262 g/mol. The molecule has 3 nitrogen and oxygen atoms in total. The lowest BCUT2D eigenvalue weighted by Gasteiger charge is -2.04. The van der Waals surface area contributed by atoms with Gasteiger partial charge in [-0.1, -0.05) is 18.2 Å². The number of benzene rings is 1. The normalized spacial score (nSPS) is 11.3. The summed E-state index contributed by atoms with van der Waals surface area (Å²) < 4.78 is 10.5. The number of fused-ring (bicyclic) bond motifs is 1. The van der Waals surface area contributed by atoms with Gasteiger partial charge in [0.05, 0.1) is 0 Å². The first kappa shape index (κ1) is 14.4. The fourth-order valence-electron chi connectivity index (χ4n) is 2.12. The predicted octanol–water partition coefficient (Wildman–Crippen LogP) is 3.99. The van der Waals surface area contributed by atoms with E-state index < -0.39 is 0 Å². The SMILES string of the molecule is COCCCCCNCc1c(Cl)oc2ccccc12. The minimum absolute atomic E-state index is 0.494. The molecule has 0 bridgehead atoms. The van der Waals surface area contributed by atoms with Crippen LogP contribution >= 0.6 is 11.6 Å². The van der Waals surface area contributed by atoms with Crippen LogP contribution in [0.25, 0.3) is 11.0 Å². The van der Waals surface area contributed by atoms with Gasteiger partial charge in [-0.3, -0.25) is 0 Å². The molecule has 0 aliphatic heterocycles. The Morgan fingerprint density at radius 3 is 2.89 bits per heavy atom. The maximum Gasteiger partial charge on any atom is 0.199 e. The van der Waals surface area contributed by atoms with E-state index in [2.05, 4.69) is 5.32 Å². The number of para-hydroxylation sites is 1. The highest BCUT2D eigenvalue weighted by molar-refractivity contribution is 6.30. The van der Waals surface area contributed by atoms with Crippen molar-refractivity contribution in [2.45, 2.75) is 25.8 Å². The van der Waals surface area contributed by atoms with Crippen molar-refractivity contribution in [2.75, 3.05) is 20.3 Å². The second-order valence-corrected chi connectivity index (χ2v) is 4.92. The molecule has 2 rings (SSSR count). The molecule has 1 heterocycles. The third kappa shape index (κ3) is 3.96. The van der Waals surface area contributed by atoms with Gasteiger partial charge < -0.3 is 14.5 Å². The summed E-state index contributed by atoms with van der Waals surface area (Å²) in [5.74, 6) is 0. The second-order valence-electron chi connectivity index (χ2n) is 4.58. The fraction of sp³-hybridized carbons (Fsp3) is 0.467. The van der Waals surface area contributed by atoms with E-state index in [-0.39, 0.29) is 0 Å². The monoisotopic (exact) mass is 281 g/mol. The van der Waals surface area contributed by atoms with Crippen molar-refractivity contribution in [1.82, 2.24) is 5.32 Å². The molecule has 104 valence electrons. The number of halogens is 1. The Labute approximate surface area is 118 Å². The summed E-state index contributed by atoms with van der Waals surface area (Å²) in [6, 6.07) is 7.94. The van der Waals surface area contributed by atoms with Crippen LogP contribution < -0.4 is 5.32 Å². The standard InChI is InChI=1S/C15H20ClNO2/c1-18-10-6-2-5-9-17-11-13-12-7-3-4-8-14(12)19-15(13)16/h3-4,7-8,17H,2,5-6,9-11H2,1H3. The summed E-state index contributed by atoms with van der Waals surface area (Å²) in [5.41, 5.74) is 1.90. The van der Waals surface area contributed by atoms with E-state index in [0.29, 0.717) is 5.22 Å². The maximum atomic E-state index is 6.13. The zero-order valence-corrected chi connectivity index (χ0v) is 12.0. The van der Waals surface area contributed by atoms with E-state index in [1.54, 1.807) is 7.11 Å². The zero-order chi connectivity index (χ0) is 13.5. The first-order valence-electron chi connectivity index (χ1n) is 6.68. The lowest BCUT2D eigenvalue weighted by Crippen LogP contribution is -2.14. The van der Waals surface area contributed by atoms with Gasteiger partial charge in [0, 0.05) is 31.2 Å². The van der Waals surface area contributed by atoms with Crippen molar-refractivity contribution >= 4 is 22.6 Å². The summed E-state index contributed by atoms with van der Waals surface area (Å²) in [6.07, 6.45) is 3.45. The lowest BCUT2D eigenvalue weighted by atomic mass is 10.2. The molecule has 0 unspecified atom stereocenters. The van der Waals surface area contributed by atoms with Crippen LogP contribution in [0.2, 0.25) is 5.22 Å². The summed E-state index contributed by atoms with van der Waals surface area (Å²) in [4.78, 5) is 0. The van der Waals surface area contributed by atoms with Crippen molar-refractivity contribution in [1.29, 1.82) is 0 Å². The minimum atomic E-state index is 0.494. The number of rotatable bonds is 8. The topological polar surface area (TPSA) is 34.4 Å². The largest absolute Gasteiger partial charge is 0.444 e. The van der Waals surface area contributed by atoms with Crippen LogP contribution in [-0.2, 0) is 11.3 Å². The predicted molar refractivity (Wildman–Crippen MR) is 78.7 cm³/mol. The van der Waals surface area contributed by atoms with Crippen LogP contribution in [-0.4, -0.2) is 20.3 Å². The lowest BCUT2D eigenvalue weighted by molar-refractivity contribution is 0.192. The second kappa shape index (κ2) is 7.53. The van der Waals surface area contributed by atoms with E-state index in [1.165, 1.54) is 6.42 Å². The summed E-state index contributed by atoms with van der Waals surface area (Å²) in [7, 11) is 1.74. The third-order valence-corrected chi connectivity index (χ3v) is 3.46. The Kier molecular flexibility index (Phi) is 5.70. The number of methoxy groups -OCH3 is 1. The van der Waals surface area contributed by atoms with Crippen molar-refractivity contribution in [3.8, 4) is 0 Å².